The lowest BCUT2D eigenvalue weighted by molar-refractivity contribution is -0.120. The van der Waals surface area contributed by atoms with Crippen molar-refractivity contribution in [1.29, 1.82) is 0 Å². The van der Waals surface area contributed by atoms with Crippen LogP contribution in [0, 0.1) is 5.92 Å². The van der Waals surface area contributed by atoms with Crippen LogP contribution in [0.1, 0.15) is 23.2 Å². The van der Waals surface area contributed by atoms with Crippen LogP contribution in [0.25, 0.3) is 0 Å². The Hall–Kier alpha value is -3.52. The Labute approximate surface area is 184 Å². The summed E-state index contributed by atoms with van der Waals surface area (Å²) in [5.74, 6) is -0.0963. The molecule has 4 heterocycles. The number of rotatable bonds is 5. The van der Waals surface area contributed by atoms with Crippen molar-refractivity contribution in [2.45, 2.75) is 12.8 Å². The van der Waals surface area contributed by atoms with Crippen LogP contribution in [0.15, 0.2) is 61.2 Å². The van der Waals surface area contributed by atoms with Gasteiger partial charge in [0.15, 0.2) is 0 Å². The molecule has 8 nitrogen and oxygen atoms in total. The first-order chi connectivity index (χ1) is 15.1. The molecule has 9 heteroatoms. The number of hydrogen-bond acceptors (Lipinski definition) is 6. The van der Waals surface area contributed by atoms with E-state index in [9.17, 15) is 9.59 Å². The van der Waals surface area contributed by atoms with Crippen LogP contribution in [0.5, 0.6) is 0 Å². The van der Waals surface area contributed by atoms with Crippen molar-refractivity contribution in [2.24, 2.45) is 5.92 Å². The number of amides is 2. The molecule has 3 aromatic rings. The van der Waals surface area contributed by atoms with Gasteiger partial charge in [0.2, 0.25) is 5.91 Å². The highest BCUT2D eigenvalue weighted by Crippen LogP contribution is 2.24. The van der Waals surface area contributed by atoms with Crippen molar-refractivity contribution in [3.8, 4) is 0 Å². The molecule has 4 rings (SSSR count). The van der Waals surface area contributed by atoms with Gasteiger partial charge in [-0.3, -0.25) is 14.6 Å². The number of hydrogen-bond donors (Lipinski definition) is 2. The minimum atomic E-state index is -0.411. The van der Waals surface area contributed by atoms with Crippen molar-refractivity contribution in [3.63, 3.8) is 0 Å². The maximum atomic E-state index is 12.8. The number of piperidine rings is 1. The third-order valence-corrected chi connectivity index (χ3v) is 5.38. The summed E-state index contributed by atoms with van der Waals surface area (Å²) in [5, 5.41) is 5.99. The first kappa shape index (κ1) is 20.7. The number of carbonyl (C=O) groups excluding carboxylic acids is 2. The van der Waals surface area contributed by atoms with Crippen LogP contribution < -0.4 is 15.5 Å². The van der Waals surface area contributed by atoms with Crippen molar-refractivity contribution in [1.82, 2.24) is 15.0 Å². The van der Waals surface area contributed by atoms with E-state index in [4.69, 9.17) is 11.6 Å². The van der Waals surface area contributed by atoms with E-state index in [1.807, 2.05) is 12.1 Å². The Balaban J connectivity index is 1.39. The summed E-state index contributed by atoms with van der Waals surface area (Å²) in [4.78, 5) is 40.1. The molecule has 0 atom stereocenters. The molecular weight excluding hydrogens is 416 g/mol. The fourth-order valence-corrected chi connectivity index (χ4v) is 3.61. The Kier molecular flexibility index (Phi) is 6.37. The molecule has 3 aromatic heterocycles. The van der Waals surface area contributed by atoms with Gasteiger partial charge in [0.05, 0.1) is 10.6 Å². The molecule has 0 saturated carbocycles. The average molecular weight is 437 g/mol. The normalized spacial score (nSPS) is 14.2. The van der Waals surface area contributed by atoms with Gasteiger partial charge in [0.25, 0.3) is 5.91 Å². The fraction of sp³-hybridized carbons (Fsp3) is 0.227. The first-order valence-corrected chi connectivity index (χ1v) is 10.3. The maximum Gasteiger partial charge on any atom is 0.260 e. The van der Waals surface area contributed by atoms with Crippen molar-refractivity contribution in [2.75, 3.05) is 28.6 Å². The van der Waals surface area contributed by atoms with E-state index < -0.39 is 5.91 Å². The Morgan fingerprint density at radius 3 is 2.45 bits per heavy atom. The van der Waals surface area contributed by atoms with Crippen molar-refractivity contribution < 1.29 is 9.59 Å². The van der Waals surface area contributed by atoms with E-state index in [-0.39, 0.29) is 23.2 Å². The molecule has 1 aliphatic heterocycles. The molecule has 0 radical (unpaired) electrons. The molecule has 0 aromatic carbocycles. The van der Waals surface area contributed by atoms with Gasteiger partial charge in [0.1, 0.15) is 11.6 Å². The third-order valence-electron chi connectivity index (χ3n) is 5.16. The second-order valence-corrected chi connectivity index (χ2v) is 7.61. The van der Waals surface area contributed by atoms with Crippen LogP contribution in [-0.2, 0) is 4.79 Å². The highest BCUT2D eigenvalue weighted by atomic mass is 35.5. The minimum absolute atomic E-state index is 0.133. The van der Waals surface area contributed by atoms with Crippen LogP contribution in [0.3, 0.4) is 0 Å². The highest BCUT2D eigenvalue weighted by Gasteiger charge is 2.26. The van der Waals surface area contributed by atoms with Crippen molar-refractivity contribution >= 4 is 40.7 Å². The summed E-state index contributed by atoms with van der Waals surface area (Å²) in [6.45, 7) is 1.56. The molecule has 0 spiro atoms. The Bertz CT molecular complexity index is 1050. The number of nitrogens with zero attached hydrogens (tertiary/aromatic N) is 4. The first-order valence-electron chi connectivity index (χ1n) is 9.94. The highest BCUT2D eigenvalue weighted by molar-refractivity contribution is 6.30. The lowest BCUT2D eigenvalue weighted by Crippen LogP contribution is -2.38. The van der Waals surface area contributed by atoms with Gasteiger partial charge in [0, 0.05) is 49.5 Å². The number of halogens is 1. The zero-order valence-electron chi connectivity index (χ0n) is 16.7. The van der Waals surface area contributed by atoms with E-state index >= 15 is 0 Å². The molecule has 1 fully saturated rings. The molecule has 0 unspecified atom stereocenters. The molecule has 1 aliphatic rings. The molecule has 0 bridgehead atoms. The monoisotopic (exact) mass is 436 g/mol. The van der Waals surface area contributed by atoms with E-state index in [0.717, 1.165) is 31.6 Å². The number of aromatic nitrogens is 3. The largest absolute Gasteiger partial charge is 0.371 e. The molecule has 31 heavy (non-hydrogen) atoms. The number of nitrogens with one attached hydrogen (secondary N) is 2. The summed E-state index contributed by atoms with van der Waals surface area (Å²) >= 11 is 5.83. The van der Waals surface area contributed by atoms with Gasteiger partial charge in [-0.05, 0) is 49.2 Å². The lowest BCUT2D eigenvalue weighted by Gasteiger charge is -2.32. The summed E-state index contributed by atoms with van der Waals surface area (Å²) < 4.78 is 0. The molecular formula is C22H21ClN6O2. The smallest absolute Gasteiger partial charge is 0.260 e. The fourth-order valence-electron chi connectivity index (χ4n) is 3.50. The predicted octanol–water partition coefficient (Wildman–Crippen LogP) is 3.63. The topological polar surface area (TPSA) is 100 Å². The molecule has 158 valence electrons. The number of anilines is 3. The standard InChI is InChI=1S/C22H21ClN6O2/c23-16-3-4-19(26-14-16)27-22(31)18-2-1-9-25-20(18)28-21(30)15-7-12-29(13-8-15)17-5-10-24-11-6-17/h1-6,9-11,14-15H,7-8,12-13H2,(H,25,28,30)(H,26,27,31). The molecule has 2 N–H and O–H groups in total. The maximum absolute atomic E-state index is 12.8. The van der Waals surface area contributed by atoms with Gasteiger partial charge in [-0.25, -0.2) is 9.97 Å². The third kappa shape index (κ3) is 5.16. The zero-order valence-corrected chi connectivity index (χ0v) is 17.4. The van der Waals surface area contributed by atoms with Gasteiger partial charge >= 0.3 is 0 Å². The predicted molar refractivity (Wildman–Crippen MR) is 119 cm³/mol. The van der Waals surface area contributed by atoms with Crippen LogP contribution >= 0.6 is 11.6 Å². The van der Waals surface area contributed by atoms with Gasteiger partial charge in [-0.15, -0.1) is 0 Å². The number of carbonyl (C=O) groups is 2. The van der Waals surface area contributed by atoms with E-state index in [2.05, 4.69) is 30.5 Å². The second-order valence-electron chi connectivity index (χ2n) is 7.17. The summed E-state index contributed by atoms with van der Waals surface area (Å²) in [5.41, 5.74) is 1.37. The SMILES string of the molecule is O=C(Nc1ccc(Cl)cn1)c1cccnc1NC(=O)C1CCN(c2ccncc2)CC1. The van der Waals surface area contributed by atoms with E-state index in [1.165, 1.54) is 6.20 Å². The van der Waals surface area contributed by atoms with Gasteiger partial charge in [-0.2, -0.15) is 0 Å². The lowest BCUT2D eigenvalue weighted by atomic mass is 9.95. The quantitative estimate of drug-likeness (QED) is 0.633. The molecule has 1 saturated heterocycles. The Morgan fingerprint density at radius 1 is 0.968 bits per heavy atom. The van der Waals surface area contributed by atoms with Gasteiger partial charge in [-0.1, -0.05) is 11.6 Å². The van der Waals surface area contributed by atoms with Crippen LogP contribution in [0.4, 0.5) is 17.3 Å². The van der Waals surface area contributed by atoms with Crippen LogP contribution in [0.2, 0.25) is 5.02 Å². The van der Waals surface area contributed by atoms with Crippen molar-refractivity contribution in [3.05, 3.63) is 71.8 Å². The van der Waals surface area contributed by atoms with E-state index in [0.29, 0.717) is 10.8 Å². The zero-order chi connectivity index (χ0) is 21.6. The summed E-state index contributed by atoms with van der Waals surface area (Å²) in [6, 6.07) is 10.4. The Morgan fingerprint density at radius 2 is 1.74 bits per heavy atom. The number of pyridine rings is 3. The summed E-state index contributed by atoms with van der Waals surface area (Å²) in [7, 11) is 0. The molecule has 0 aliphatic carbocycles. The van der Waals surface area contributed by atoms with E-state index in [1.54, 1.807) is 42.9 Å². The van der Waals surface area contributed by atoms with Gasteiger partial charge < -0.3 is 15.5 Å². The minimum Gasteiger partial charge on any atom is -0.371 e. The average Bonchev–Trinajstić information content (AvgIpc) is 2.81. The second kappa shape index (κ2) is 9.53. The summed E-state index contributed by atoms with van der Waals surface area (Å²) in [6.07, 6.45) is 7.96. The molecule has 2 amide bonds. The van der Waals surface area contributed by atoms with Crippen LogP contribution in [-0.4, -0.2) is 39.9 Å².